The van der Waals surface area contributed by atoms with Gasteiger partial charge in [0.2, 0.25) is 0 Å². The summed E-state index contributed by atoms with van der Waals surface area (Å²) in [6, 6.07) is 6.87. The number of halogens is 3. The molecule has 108 valence electrons. The van der Waals surface area contributed by atoms with Gasteiger partial charge in [-0.15, -0.1) is 0 Å². The Kier molecular flexibility index (Phi) is 3.99. The molecule has 4 nitrogen and oxygen atoms in total. The van der Waals surface area contributed by atoms with E-state index in [4.69, 9.17) is 9.84 Å². The SMILES string of the molecule is COc1ccc2c(NCC(O)C(F)(F)F)nccc2c1. The first-order valence-electron chi connectivity index (χ1n) is 5.83. The summed E-state index contributed by atoms with van der Waals surface area (Å²) < 4.78 is 41.8. The minimum absolute atomic E-state index is 0.286. The van der Waals surface area contributed by atoms with Crippen molar-refractivity contribution in [2.75, 3.05) is 19.0 Å². The Hall–Kier alpha value is -2.02. The molecule has 1 unspecified atom stereocenters. The van der Waals surface area contributed by atoms with Crippen molar-refractivity contribution in [2.45, 2.75) is 12.3 Å². The number of methoxy groups -OCH3 is 1. The third-order valence-electron chi connectivity index (χ3n) is 2.81. The molecule has 7 heteroatoms. The van der Waals surface area contributed by atoms with Crippen LogP contribution in [0.3, 0.4) is 0 Å². The van der Waals surface area contributed by atoms with E-state index in [0.717, 1.165) is 5.39 Å². The Morgan fingerprint density at radius 3 is 2.75 bits per heavy atom. The maximum Gasteiger partial charge on any atom is 0.416 e. The van der Waals surface area contributed by atoms with Crippen LogP contribution in [0, 0.1) is 0 Å². The standard InChI is InChI=1S/C13H13F3N2O2/c1-20-9-2-3-10-8(6-9)4-5-17-12(10)18-7-11(19)13(14,15)16/h2-6,11,19H,7H2,1H3,(H,17,18). The summed E-state index contributed by atoms with van der Waals surface area (Å²) in [6.07, 6.45) is -5.61. The molecule has 1 atom stereocenters. The second kappa shape index (κ2) is 5.54. The average Bonchev–Trinajstić information content (AvgIpc) is 2.42. The van der Waals surface area contributed by atoms with Gasteiger partial charge in [0.25, 0.3) is 0 Å². The summed E-state index contributed by atoms with van der Waals surface area (Å²) in [6.45, 7) is -0.651. The second-order valence-corrected chi connectivity index (χ2v) is 4.18. The van der Waals surface area contributed by atoms with Crippen molar-refractivity contribution in [1.29, 1.82) is 0 Å². The Labute approximate surface area is 113 Å². The van der Waals surface area contributed by atoms with Crippen LogP contribution in [0.4, 0.5) is 19.0 Å². The Bertz CT molecular complexity index is 602. The van der Waals surface area contributed by atoms with E-state index in [0.29, 0.717) is 11.1 Å². The molecule has 2 N–H and O–H groups in total. The summed E-state index contributed by atoms with van der Waals surface area (Å²) >= 11 is 0. The number of ether oxygens (including phenoxy) is 1. The minimum Gasteiger partial charge on any atom is -0.497 e. The number of nitrogens with zero attached hydrogens (tertiary/aromatic N) is 1. The van der Waals surface area contributed by atoms with Crippen LogP contribution in [0.2, 0.25) is 0 Å². The number of nitrogens with one attached hydrogen (secondary N) is 1. The third kappa shape index (κ3) is 3.11. The van der Waals surface area contributed by atoms with E-state index in [1.165, 1.54) is 13.3 Å². The first-order valence-corrected chi connectivity index (χ1v) is 5.83. The predicted molar refractivity (Wildman–Crippen MR) is 68.8 cm³/mol. The number of fused-ring (bicyclic) bond motifs is 1. The first-order chi connectivity index (χ1) is 9.41. The number of pyridine rings is 1. The normalized spacial score (nSPS) is 13.2. The zero-order valence-corrected chi connectivity index (χ0v) is 10.6. The molecule has 0 saturated heterocycles. The van der Waals surface area contributed by atoms with Gasteiger partial charge in [0.1, 0.15) is 11.6 Å². The van der Waals surface area contributed by atoms with Crippen LogP contribution in [-0.2, 0) is 0 Å². The number of hydrogen-bond acceptors (Lipinski definition) is 4. The zero-order valence-electron chi connectivity index (χ0n) is 10.6. The number of benzene rings is 1. The summed E-state index contributed by atoms with van der Waals surface area (Å²) in [5.74, 6) is 0.929. The molecule has 0 spiro atoms. The molecule has 2 rings (SSSR count). The number of anilines is 1. The predicted octanol–water partition coefficient (Wildman–Crippen LogP) is 2.58. The molecular weight excluding hydrogens is 273 g/mol. The number of alkyl halides is 3. The molecule has 0 aliphatic carbocycles. The minimum atomic E-state index is -4.65. The Morgan fingerprint density at radius 2 is 2.10 bits per heavy atom. The molecule has 0 saturated carbocycles. The molecule has 1 aromatic heterocycles. The van der Waals surface area contributed by atoms with E-state index in [-0.39, 0.29) is 5.82 Å². The molecule has 0 amide bonds. The van der Waals surface area contributed by atoms with Gasteiger partial charge < -0.3 is 15.2 Å². The fourth-order valence-corrected chi connectivity index (χ4v) is 1.73. The third-order valence-corrected chi connectivity index (χ3v) is 2.81. The van der Waals surface area contributed by atoms with E-state index < -0.39 is 18.8 Å². The van der Waals surface area contributed by atoms with Gasteiger partial charge in [-0.1, -0.05) is 0 Å². The van der Waals surface area contributed by atoms with Crippen molar-refractivity contribution in [1.82, 2.24) is 4.98 Å². The summed E-state index contributed by atoms with van der Waals surface area (Å²) in [7, 11) is 1.53. The van der Waals surface area contributed by atoms with Crippen LogP contribution in [0.1, 0.15) is 0 Å². The van der Waals surface area contributed by atoms with Crippen LogP contribution in [-0.4, -0.2) is 36.0 Å². The Balaban J connectivity index is 2.22. The molecule has 20 heavy (non-hydrogen) atoms. The van der Waals surface area contributed by atoms with E-state index in [1.807, 2.05) is 0 Å². The van der Waals surface area contributed by atoms with Crippen LogP contribution >= 0.6 is 0 Å². The van der Waals surface area contributed by atoms with Gasteiger partial charge in [0, 0.05) is 11.6 Å². The fourth-order valence-electron chi connectivity index (χ4n) is 1.73. The van der Waals surface area contributed by atoms with Crippen LogP contribution in [0.5, 0.6) is 5.75 Å². The van der Waals surface area contributed by atoms with E-state index in [9.17, 15) is 13.2 Å². The summed E-state index contributed by atoms with van der Waals surface area (Å²) in [5.41, 5.74) is 0. The van der Waals surface area contributed by atoms with E-state index in [2.05, 4.69) is 10.3 Å². The van der Waals surface area contributed by atoms with Gasteiger partial charge in [-0.25, -0.2) is 4.98 Å². The molecule has 0 aliphatic heterocycles. The fraction of sp³-hybridized carbons (Fsp3) is 0.308. The molecule has 0 fully saturated rings. The highest BCUT2D eigenvalue weighted by Crippen LogP contribution is 2.26. The van der Waals surface area contributed by atoms with Crippen LogP contribution in [0.25, 0.3) is 10.8 Å². The van der Waals surface area contributed by atoms with Gasteiger partial charge in [0.15, 0.2) is 6.10 Å². The number of hydrogen-bond donors (Lipinski definition) is 2. The lowest BCUT2D eigenvalue weighted by atomic mass is 10.1. The Morgan fingerprint density at radius 1 is 1.35 bits per heavy atom. The average molecular weight is 286 g/mol. The quantitative estimate of drug-likeness (QED) is 0.907. The van der Waals surface area contributed by atoms with Crippen molar-refractivity contribution < 1.29 is 23.0 Å². The number of aliphatic hydroxyl groups is 1. The highest BCUT2D eigenvalue weighted by Gasteiger charge is 2.37. The summed E-state index contributed by atoms with van der Waals surface area (Å²) in [5, 5.41) is 12.9. The van der Waals surface area contributed by atoms with Gasteiger partial charge in [-0.2, -0.15) is 13.2 Å². The van der Waals surface area contributed by atoms with Crippen LogP contribution in [0.15, 0.2) is 30.5 Å². The molecule has 0 radical (unpaired) electrons. The highest BCUT2D eigenvalue weighted by atomic mass is 19.4. The highest BCUT2D eigenvalue weighted by molar-refractivity contribution is 5.92. The second-order valence-electron chi connectivity index (χ2n) is 4.18. The van der Waals surface area contributed by atoms with Crippen molar-refractivity contribution in [2.24, 2.45) is 0 Å². The number of aromatic nitrogens is 1. The van der Waals surface area contributed by atoms with E-state index in [1.54, 1.807) is 24.3 Å². The van der Waals surface area contributed by atoms with Crippen molar-refractivity contribution >= 4 is 16.6 Å². The molecule has 1 aromatic carbocycles. The largest absolute Gasteiger partial charge is 0.497 e. The van der Waals surface area contributed by atoms with Crippen molar-refractivity contribution in [3.63, 3.8) is 0 Å². The lowest BCUT2D eigenvalue weighted by molar-refractivity contribution is -0.198. The topological polar surface area (TPSA) is 54.4 Å². The molecular formula is C13H13F3N2O2. The number of aliphatic hydroxyl groups excluding tert-OH is 1. The van der Waals surface area contributed by atoms with Crippen LogP contribution < -0.4 is 10.1 Å². The molecule has 2 aromatic rings. The van der Waals surface area contributed by atoms with Gasteiger partial charge in [0.05, 0.1) is 13.7 Å². The smallest absolute Gasteiger partial charge is 0.416 e. The van der Waals surface area contributed by atoms with Gasteiger partial charge >= 0.3 is 6.18 Å². The first kappa shape index (κ1) is 14.4. The molecule has 0 bridgehead atoms. The van der Waals surface area contributed by atoms with Gasteiger partial charge in [-0.3, -0.25) is 0 Å². The summed E-state index contributed by atoms with van der Waals surface area (Å²) in [4.78, 5) is 3.99. The molecule has 0 aliphatic rings. The maximum absolute atomic E-state index is 12.2. The lowest BCUT2D eigenvalue weighted by Crippen LogP contribution is -2.35. The monoisotopic (exact) mass is 286 g/mol. The van der Waals surface area contributed by atoms with E-state index >= 15 is 0 Å². The zero-order chi connectivity index (χ0) is 14.8. The van der Waals surface area contributed by atoms with Crippen molar-refractivity contribution in [3.8, 4) is 5.75 Å². The number of rotatable bonds is 4. The molecule has 1 heterocycles. The van der Waals surface area contributed by atoms with Crippen molar-refractivity contribution in [3.05, 3.63) is 30.5 Å². The lowest BCUT2D eigenvalue weighted by Gasteiger charge is -2.16. The van der Waals surface area contributed by atoms with Gasteiger partial charge in [-0.05, 0) is 29.7 Å². The maximum atomic E-state index is 12.2.